The van der Waals surface area contributed by atoms with Crippen LogP contribution in [0.4, 0.5) is 0 Å². The maximum absolute atomic E-state index is 12.4. The summed E-state index contributed by atoms with van der Waals surface area (Å²) in [5.74, 6) is 1.59. The van der Waals surface area contributed by atoms with Gasteiger partial charge in [-0.25, -0.2) is 0 Å². The third kappa shape index (κ3) is 2.18. The van der Waals surface area contributed by atoms with Gasteiger partial charge in [0.05, 0.1) is 19.1 Å². The number of hydrogen-bond donors (Lipinski definition) is 0. The van der Waals surface area contributed by atoms with E-state index in [9.17, 15) is 4.79 Å². The van der Waals surface area contributed by atoms with Crippen molar-refractivity contribution >= 4 is 5.78 Å². The van der Waals surface area contributed by atoms with E-state index in [2.05, 4.69) is 18.9 Å². The summed E-state index contributed by atoms with van der Waals surface area (Å²) in [5.41, 5.74) is 0.352. The first-order valence-electron chi connectivity index (χ1n) is 7.13. The quantitative estimate of drug-likeness (QED) is 0.789. The van der Waals surface area contributed by atoms with Gasteiger partial charge in [0.2, 0.25) is 0 Å². The van der Waals surface area contributed by atoms with E-state index >= 15 is 0 Å². The average molecular weight is 275 g/mol. The summed E-state index contributed by atoms with van der Waals surface area (Å²) < 4.78 is 11.5. The van der Waals surface area contributed by atoms with E-state index in [1.54, 1.807) is 7.11 Å². The van der Waals surface area contributed by atoms with Gasteiger partial charge >= 0.3 is 0 Å². The Bertz CT molecular complexity index is 543. The van der Waals surface area contributed by atoms with E-state index in [-0.39, 0.29) is 11.4 Å². The first-order chi connectivity index (χ1) is 9.53. The van der Waals surface area contributed by atoms with Crippen molar-refractivity contribution in [2.45, 2.75) is 37.8 Å². The molecule has 20 heavy (non-hydrogen) atoms. The minimum absolute atomic E-state index is 0.186. The van der Waals surface area contributed by atoms with Crippen LogP contribution in [0.1, 0.15) is 36.5 Å². The van der Waals surface area contributed by atoms with Gasteiger partial charge in [0.15, 0.2) is 5.78 Å². The molecule has 0 saturated carbocycles. The van der Waals surface area contributed by atoms with E-state index in [1.165, 1.54) is 0 Å². The molecule has 1 fully saturated rings. The number of benzene rings is 1. The summed E-state index contributed by atoms with van der Waals surface area (Å²) in [6, 6.07) is 5.89. The number of ketones is 1. The molecule has 108 valence electrons. The zero-order chi connectivity index (χ0) is 14.3. The van der Waals surface area contributed by atoms with Gasteiger partial charge in [-0.15, -0.1) is 0 Å². The zero-order valence-electron chi connectivity index (χ0n) is 12.3. The number of Topliss-reactive ketones (excluding diaryl/α,β-unsaturated/α-hetero) is 1. The van der Waals surface area contributed by atoms with E-state index in [1.807, 2.05) is 18.2 Å². The van der Waals surface area contributed by atoms with Gasteiger partial charge in [-0.2, -0.15) is 0 Å². The largest absolute Gasteiger partial charge is 0.497 e. The molecule has 4 nitrogen and oxygen atoms in total. The van der Waals surface area contributed by atoms with E-state index in [4.69, 9.17) is 9.47 Å². The first-order valence-corrected chi connectivity index (χ1v) is 7.13. The maximum Gasteiger partial charge on any atom is 0.170 e. The van der Waals surface area contributed by atoms with E-state index in [0.717, 1.165) is 25.1 Å². The zero-order valence-corrected chi connectivity index (χ0v) is 12.3. The van der Waals surface area contributed by atoms with Crippen LogP contribution in [0.3, 0.4) is 0 Å². The van der Waals surface area contributed by atoms with Gasteiger partial charge in [0.25, 0.3) is 0 Å². The number of nitrogens with zero attached hydrogens (tertiary/aromatic N) is 1. The van der Waals surface area contributed by atoms with Crippen LogP contribution in [0.2, 0.25) is 0 Å². The molecule has 1 saturated heterocycles. The smallest absolute Gasteiger partial charge is 0.170 e. The Morgan fingerprint density at radius 2 is 2.25 bits per heavy atom. The van der Waals surface area contributed by atoms with Crippen molar-refractivity contribution in [3.8, 4) is 11.5 Å². The van der Waals surface area contributed by atoms with Crippen molar-refractivity contribution in [1.29, 1.82) is 0 Å². The summed E-state index contributed by atoms with van der Waals surface area (Å²) in [4.78, 5) is 14.7. The van der Waals surface area contributed by atoms with Crippen LogP contribution in [-0.4, -0.2) is 43.0 Å². The van der Waals surface area contributed by atoms with Gasteiger partial charge in [0, 0.05) is 31.5 Å². The predicted molar refractivity (Wildman–Crippen MR) is 76.6 cm³/mol. The Morgan fingerprint density at radius 1 is 1.45 bits per heavy atom. The highest BCUT2D eigenvalue weighted by Crippen LogP contribution is 2.41. The van der Waals surface area contributed by atoms with E-state index in [0.29, 0.717) is 23.8 Å². The van der Waals surface area contributed by atoms with Crippen LogP contribution >= 0.6 is 0 Å². The van der Waals surface area contributed by atoms with Gasteiger partial charge in [-0.3, -0.25) is 4.79 Å². The van der Waals surface area contributed by atoms with Crippen LogP contribution in [0.15, 0.2) is 18.2 Å². The van der Waals surface area contributed by atoms with Crippen LogP contribution in [0, 0.1) is 0 Å². The topological polar surface area (TPSA) is 38.8 Å². The third-order valence-electron chi connectivity index (χ3n) is 4.64. The molecule has 0 aliphatic carbocycles. The molecule has 2 aliphatic heterocycles. The number of methoxy groups -OCH3 is 1. The molecule has 1 spiro atoms. The molecular weight excluding hydrogens is 254 g/mol. The summed E-state index contributed by atoms with van der Waals surface area (Å²) in [7, 11) is 3.75. The van der Waals surface area contributed by atoms with Crippen LogP contribution in [-0.2, 0) is 0 Å². The highest BCUT2D eigenvalue weighted by molar-refractivity contribution is 6.00. The number of hydrogen-bond acceptors (Lipinski definition) is 4. The van der Waals surface area contributed by atoms with Gasteiger partial charge < -0.3 is 14.4 Å². The highest BCUT2D eigenvalue weighted by atomic mass is 16.5. The molecule has 1 aromatic carbocycles. The first kappa shape index (κ1) is 13.4. The number of carbonyl (C=O) groups is 1. The lowest BCUT2D eigenvalue weighted by Gasteiger charge is -2.46. The Labute approximate surface area is 119 Å². The fraction of sp³-hybridized carbons (Fsp3) is 0.562. The Morgan fingerprint density at radius 3 is 2.95 bits per heavy atom. The highest BCUT2D eigenvalue weighted by Gasteiger charge is 2.44. The Kier molecular flexibility index (Phi) is 3.21. The summed E-state index contributed by atoms with van der Waals surface area (Å²) in [6.07, 6.45) is 2.28. The molecule has 2 heterocycles. The molecule has 0 aromatic heterocycles. The molecular formula is C16H21NO3. The van der Waals surface area contributed by atoms with E-state index < -0.39 is 0 Å². The minimum Gasteiger partial charge on any atom is -0.497 e. The molecule has 4 heteroatoms. The second kappa shape index (κ2) is 4.77. The van der Waals surface area contributed by atoms with Crippen molar-refractivity contribution in [2.24, 2.45) is 0 Å². The molecule has 0 N–H and O–H groups in total. The normalized spacial score (nSPS) is 29.9. The molecule has 1 aromatic rings. The lowest BCUT2D eigenvalue weighted by Crippen LogP contribution is -2.53. The number of likely N-dealkylation sites (tertiary alicyclic amines) is 1. The SMILES string of the molecule is COc1ccc2c(c1)OC1(CCN(C)C(C)C1)CC2=O. The minimum atomic E-state index is -0.331. The molecule has 2 aliphatic rings. The van der Waals surface area contributed by atoms with Gasteiger partial charge in [-0.05, 0) is 26.1 Å². The van der Waals surface area contributed by atoms with Gasteiger partial charge in [-0.1, -0.05) is 0 Å². The Hall–Kier alpha value is -1.55. The molecule has 0 bridgehead atoms. The van der Waals surface area contributed by atoms with Crippen LogP contribution < -0.4 is 9.47 Å². The lowest BCUT2D eigenvalue weighted by atomic mass is 9.80. The fourth-order valence-corrected chi connectivity index (χ4v) is 3.25. The molecule has 0 radical (unpaired) electrons. The summed E-state index contributed by atoms with van der Waals surface area (Å²) >= 11 is 0. The molecule has 2 unspecified atom stereocenters. The van der Waals surface area contributed by atoms with Gasteiger partial charge in [0.1, 0.15) is 17.1 Å². The van der Waals surface area contributed by atoms with Crippen molar-refractivity contribution in [2.75, 3.05) is 20.7 Å². The van der Waals surface area contributed by atoms with Crippen LogP contribution in [0.5, 0.6) is 11.5 Å². The third-order valence-corrected chi connectivity index (χ3v) is 4.64. The maximum atomic E-state index is 12.4. The number of fused-ring (bicyclic) bond motifs is 1. The molecule has 3 rings (SSSR count). The standard InChI is InChI=1S/C16H21NO3/c1-11-9-16(6-7-17(11)2)10-14(18)13-5-4-12(19-3)8-15(13)20-16/h4-5,8,11H,6-7,9-10H2,1-3H3. The molecule has 0 amide bonds. The van der Waals surface area contributed by atoms with Crippen molar-refractivity contribution in [3.63, 3.8) is 0 Å². The fourth-order valence-electron chi connectivity index (χ4n) is 3.25. The predicted octanol–water partition coefficient (Wildman–Crippen LogP) is 2.51. The number of piperidine rings is 1. The number of ether oxygens (including phenoxy) is 2. The molecule has 2 atom stereocenters. The van der Waals surface area contributed by atoms with Crippen LogP contribution in [0.25, 0.3) is 0 Å². The summed E-state index contributed by atoms with van der Waals surface area (Å²) in [5, 5.41) is 0. The number of carbonyl (C=O) groups excluding carboxylic acids is 1. The van der Waals surface area contributed by atoms with Crippen molar-refractivity contribution in [1.82, 2.24) is 4.90 Å². The Balaban J connectivity index is 1.93. The summed E-state index contributed by atoms with van der Waals surface area (Å²) in [6.45, 7) is 3.16. The average Bonchev–Trinajstić information content (AvgIpc) is 2.43. The monoisotopic (exact) mass is 275 g/mol. The second-order valence-electron chi connectivity index (χ2n) is 6.03. The van der Waals surface area contributed by atoms with Crippen molar-refractivity contribution < 1.29 is 14.3 Å². The number of rotatable bonds is 1. The lowest BCUT2D eigenvalue weighted by molar-refractivity contribution is -0.0229. The second-order valence-corrected chi connectivity index (χ2v) is 6.03. The van der Waals surface area contributed by atoms with Crippen molar-refractivity contribution in [3.05, 3.63) is 23.8 Å².